The molecule has 0 radical (unpaired) electrons. The zero-order valence-corrected chi connectivity index (χ0v) is 15.5. The van der Waals surface area contributed by atoms with Gasteiger partial charge >= 0.3 is 0 Å². The molecule has 0 fully saturated rings. The van der Waals surface area contributed by atoms with Crippen LogP contribution in [0.25, 0.3) is 43.0 Å². The molecular formula is C25H17NS. The van der Waals surface area contributed by atoms with Crippen molar-refractivity contribution in [1.82, 2.24) is 4.98 Å². The first-order chi connectivity index (χ1) is 13.4. The van der Waals surface area contributed by atoms with Gasteiger partial charge in [-0.05, 0) is 41.0 Å². The van der Waals surface area contributed by atoms with Crippen molar-refractivity contribution in [2.75, 3.05) is 0 Å². The summed E-state index contributed by atoms with van der Waals surface area (Å²) in [5, 5.41) is 0. The van der Waals surface area contributed by atoms with E-state index in [1.165, 1.54) is 26.3 Å². The predicted octanol–water partition coefficient (Wildman–Crippen LogP) is 7.30. The summed E-state index contributed by atoms with van der Waals surface area (Å²) in [6, 6.07) is 36.1. The number of hydrogen-bond donors (Lipinski definition) is 0. The maximum absolute atomic E-state index is 4.94. The lowest BCUT2D eigenvalue weighted by atomic mass is 10.0. The van der Waals surface area contributed by atoms with Crippen LogP contribution in [0.5, 0.6) is 0 Å². The Balaban J connectivity index is 1.56. The molecule has 0 saturated carbocycles. The smallest absolute Gasteiger partial charge is 0.0823 e. The van der Waals surface area contributed by atoms with E-state index in [4.69, 9.17) is 4.98 Å². The summed E-state index contributed by atoms with van der Waals surface area (Å²) in [6.07, 6.45) is 0. The predicted molar refractivity (Wildman–Crippen MR) is 116 cm³/mol. The fourth-order valence-electron chi connectivity index (χ4n) is 3.32. The van der Waals surface area contributed by atoms with Crippen molar-refractivity contribution in [3.05, 3.63) is 103 Å². The quantitative estimate of drug-likeness (QED) is 0.328. The van der Waals surface area contributed by atoms with E-state index in [0.717, 1.165) is 16.8 Å². The molecule has 0 atom stereocenters. The molecule has 5 aromatic rings. The Morgan fingerprint density at radius 2 is 1.19 bits per heavy atom. The highest BCUT2D eigenvalue weighted by Gasteiger charge is 2.08. The Bertz CT molecular complexity index is 1210. The number of nitrogens with zero attached hydrogens (tertiary/aromatic N) is 1. The fourth-order valence-corrected chi connectivity index (χ4v) is 4.32. The van der Waals surface area contributed by atoms with Gasteiger partial charge in [-0.15, -0.1) is 11.3 Å². The second-order valence-electron chi connectivity index (χ2n) is 6.50. The summed E-state index contributed by atoms with van der Waals surface area (Å²) in [4.78, 5) is 6.19. The van der Waals surface area contributed by atoms with Crippen molar-refractivity contribution in [3.63, 3.8) is 0 Å². The number of pyridine rings is 1. The molecule has 0 bridgehead atoms. The van der Waals surface area contributed by atoms with Crippen LogP contribution in [0.4, 0.5) is 0 Å². The van der Waals surface area contributed by atoms with Gasteiger partial charge in [0.05, 0.1) is 15.9 Å². The van der Waals surface area contributed by atoms with Gasteiger partial charge in [0.1, 0.15) is 0 Å². The first-order valence-electron chi connectivity index (χ1n) is 8.99. The van der Waals surface area contributed by atoms with Crippen LogP contribution in [-0.2, 0) is 0 Å². The van der Waals surface area contributed by atoms with Crippen molar-refractivity contribution in [1.29, 1.82) is 0 Å². The van der Waals surface area contributed by atoms with E-state index in [2.05, 4.69) is 91.0 Å². The molecule has 5 rings (SSSR count). The van der Waals surface area contributed by atoms with Crippen molar-refractivity contribution in [2.45, 2.75) is 0 Å². The zero-order chi connectivity index (χ0) is 18.1. The minimum Gasteiger partial charge on any atom is -0.247 e. The monoisotopic (exact) mass is 363 g/mol. The summed E-state index contributed by atoms with van der Waals surface area (Å²) < 4.78 is 1.22. The van der Waals surface area contributed by atoms with Gasteiger partial charge in [0, 0.05) is 10.4 Å². The maximum Gasteiger partial charge on any atom is 0.0823 e. The zero-order valence-electron chi connectivity index (χ0n) is 14.7. The van der Waals surface area contributed by atoms with Gasteiger partial charge in [0.2, 0.25) is 0 Å². The molecule has 0 saturated heterocycles. The number of hydrogen-bond acceptors (Lipinski definition) is 2. The molecule has 1 nitrogen and oxygen atoms in total. The number of fused-ring (bicyclic) bond motifs is 1. The summed E-state index contributed by atoms with van der Waals surface area (Å²) in [7, 11) is 0. The Labute approximate surface area is 162 Å². The van der Waals surface area contributed by atoms with Crippen LogP contribution in [0.1, 0.15) is 0 Å². The third-order valence-corrected chi connectivity index (χ3v) is 5.84. The summed E-state index contributed by atoms with van der Waals surface area (Å²) >= 11 is 1.79. The van der Waals surface area contributed by atoms with E-state index in [9.17, 15) is 0 Å². The molecular weight excluding hydrogens is 346 g/mol. The molecule has 0 spiro atoms. The second-order valence-corrected chi connectivity index (χ2v) is 7.59. The topological polar surface area (TPSA) is 12.9 Å². The number of benzene rings is 3. The highest BCUT2D eigenvalue weighted by atomic mass is 32.1. The van der Waals surface area contributed by atoms with Gasteiger partial charge in [0.15, 0.2) is 0 Å². The molecule has 0 amide bonds. The van der Waals surface area contributed by atoms with E-state index in [1.54, 1.807) is 11.3 Å². The van der Waals surface area contributed by atoms with Crippen LogP contribution in [0.15, 0.2) is 103 Å². The average molecular weight is 363 g/mol. The van der Waals surface area contributed by atoms with E-state index in [-0.39, 0.29) is 0 Å². The SMILES string of the molecule is c1ccc(-c2cccc(-c3ccc4sc(-c5ccccc5)cc4n3)c2)cc1. The van der Waals surface area contributed by atoms with Crippen LogP contribution in [-0.4, -0.2) is 4.98 Å². The Kier molecular flexibility index (Phi) is 4.04. The molecule has 0 unspecified atom stereocenters. The van der Waals surface area contributed by atoms with Gasteiger partial charge in [-0.2, -0.15) is 0 Å². The fraction of sp³-hybridized carbons (Fsp3) is 0. The Hall–Kier alpha value is -3.23. The van der Waals surface area contributed by atoms with Crippen molar-refractivity contribution >= 4 is 21.6 Å². The molecule has 128 valence electrons. The lowest BCUT2D eigenvalue weighted by Crippen LogP contribution is -1.84. The van der Waals surface area contributed by atoms with Gasteiger partial charge in [-0.1, -0.05) is 78.9 Å². The highest BCUT2D eigenvalue weighted by molar-refractivity contribution is 7.22. The van der Waals surface area contributed by atoms with Gasteiger partial charge in [0.25, 0.3) is 0 Å². The average Bonchev–Trinajstić information content (AvgIpc) is 3.19. The molecule has 2 aromatic heterocycles. The summed E-state index contributed by atoms with van der Waals surface area (Å²) in [5.41, 5.74) is 6.89. The first-order valence-corrected chi connectivity index (χ1v) is 9.80. The third kappa shape index (κ3) is 3.16. The molecule has 2 heteroatoms. The van der Waals surface area contributed by atoms with E-state index < -0.39 is 0 Å². The van der Waals surface area contributed by atoms with Crippen LogP contribution in [0.2, 0.25) is 0 Å². The van der Waals surface area contributed by atoms with Crippen molar-refractivity contribution in [3.8, 4) is 32.8 Å². The maximum atomic E-state index is 4.94. The van der Waals surface area contributed by atoms with Crippen molar-refractivity contribution < 1.29 is 0 Å². The standard InChI is InChI=1S/C25H17NS/c1-3-8-18(9-4-1)20-12-7-13-21(16-20)22-14-15-24-23(26-22)17-25(27-24)19-10-5-2-6-11-19/h1-17H. The Morgan fingerprint density at radius 3 is 1.96 bits per heavy atom. The van der Waals surface area contributed by atoms with E-state index >= 15 is 0 Å². The van der Waals surface area contributed by atoms with Crippen LogP contribution >= 0.6 is 11.3 Å². The third-order valence-electron chi connectivity index (χ3n) is 4.70. The molecule has 0 N–H and O–H groups in total. The summed E-state index contributed by atoms with van der Waals surface area (Å²) in [6.45, 7) is 0. The van der Waals surface area contributed by atoms with Crippen LogP contribution in [0, 0.1) is 0 Å². The van der Waals surface area contributed by atoms with Gasteiger partial charge < -0.3 is 0 Å². The molecule has 2 heterocycles. The summed E-state index contributed by atoms with van der Waals surface area (Å²) in [5.74, 6) is 0. The molecule has 0 aliphatic carbocycles. The minimum absolute atomic E-state index is 1.01. The molecule has 0 aliphatic heterocycles. The lowest BCUT2D eigenvalue weighted by molar-refractivity contribution is 1.41. The minimum atomic E-state index is 1.01. The molecule has 3 aromatic carbocycles. The number of rotatable bonds is 3. The first kappa shape index (κ1) is 16.0. The Morgan fingerprint density at radius 1 is 0.519 bits per heavy atom. The number of thiophene rings is 1. The largest absolute Gasteiger partial charge is 0.247 e. The van der Waals surface area contributed by atoms with Crippen molar-refractivity contribution in [2.24, 2.45) is 0 Å². The van der Waals surface area contributed by atoms with Gasteiger partial charge in [-0.3, -0.25) is 0 Å². The highest BCUT2D eigenvalue weighted by Crippen LogP contribution is 2.34. The van der Waals surface area contributed by atoms with Crippen LogP contribution < -0.4 is 0 Å². The normalized spacial score (nSPS) is 11.0. The molecule has 27 heavy (non-hydrogen) atoms. The lowest BCUT2D eigenvalue weighted by Gasteiger charge is -2.05. The second kappa shape index (κ2) is 6.82. The number of aromatic nitrogens is 1. The van der Waals surface area contributed by atoms with E-state index in [0.29, 0.717) is 0 Å². The van der Waals surface area contributed by atoms with Crippen LogP contribution in [0.3, 0.4) is 0 Å². The van der Waals surface area contributed by atoms with Gasteiger partial charge in [-0.25, -0.2) is 4.98 Å². The van der Waals surface area contributed by atoms with E-state index in [1.807, 2.05) is 12.1 Å². The molecule has 0 aliphatic rings.